The first kappa shape index (κ1) is 17.0. The highest BCUT2D eigenvalue weighted by molar-refractivity contribution is 7.12. The van der Waals surface area contributed by atoms with Crippen LogP contribution in [-0.2, 0) is 0 Å². The van der Waals surface area contributed by atoms with Gasteiger partial charge in [-0.2, -0.15) is 0 Å². The molecule has 3 rings (SSSR count). The van der Waals surface area contributed by atoms with Gasteiger partial charge in [-0.3, -0.25) is 9.69 Å². The molecule has 0 spiro atoms. The van der Waals surface area contributed by atoms with Gasteiger partial charge in [-0.15, -0.1) is 11.3 Å². The summed E-state index contributed by atoms with van der Waals surface area (Å²) >= 11 is 1.48. The van der Waals surface area contributed by atoms with Crippen molar-refractivity contribution >= 4 is 17.2 Å². The zero-order valence-corrected chi connectivity index (χ0v) is 14.3. The summed E-state index contributed by atoms with van der Waals surface area (Å²) in [6, 6.07) is 13.3. The van der Waals surface area contributed by atoms with Crippen molar-refractivity contribution in [3.05, 3.63) is 52.7 Å². The van der Waals surface area contributed by atoms with Crippen molar-refractivity contribution in [3.63, 3.8) is 0 Å². The topological polar surface area (TPSA) is 53.0 Å². The molecule has 1 aromatic carbocycles. The number of rotatable bonds is 6. The smallest absolute Gasteiger partial charge is 0.264 e. The van der Waals surface area contributed by atoms with Crippen LogP contribution in [0.15, 0.2) is 47.8 Å². The highest BCUT2D eigenvalue weighted by atomic mass is 32.1. The van der Waals surface area contributed by atoms with Crippen LogP contribution < -0.4 is 4.74 Å². The van der Waals surface area contributed by atoms with Gasteiger partial charge in [0, 0.05) is 32.7 Å². The Morgan fingerprint density at radius 1 is 1.12 bits per heavy atom. The predicted molar refractivity (Wildman–Crippen MR) is 94.6 cm³/mol. The van der Waals surface area contributed by atoms with E-state index in [2.05, 4.69) is 4.90 Å². The Hall–Kier alpha value is -1.89. The van der Waals surface area contributed by atoms with E-state index < -0.39 is 6.10 Å². The summed E-state index contributed by atoms with van der Waals surface area (Å²) < 4.78 is 5.58. The monoisotopic (exact) mass is 346 g/mol. The average Bonchev–Trinajstić information content (AvgIpc) is 3.16. The predicted octanol–water partition coefficient (Wildman–Crippen LogP) is 1.95. The van der Waals surface area contributed by atoms with Gasteiger partial charge < -0.3 is 14.7 Å². The Balaban J connectivity index is 1.39. The number of amides is 1. The maximum absolute atomic E-state index is 12.3. The molecule has 1 saturated heterocycles. The third kappa shape index (κ3) is 4.56. The summed E-state index contributed by atoms with van der Waals surface area (Å²) in [6.45, 7) is 3.79. The van der Waals surface area contributed by atoms with Gasteiger partial charge >= 0.3 is 0 Å². The van der Waals surface area contributed by atoms with Gasteiger partial charge in [0.05, 0.1) is 4.88 Å². The first-order chi connectivity index (χ1) is 11.7. The molecular formula is C18H22N2O3S. The molecule has 2 heterocycles. The summed E-state index contributed by atoms with van der Waals surface area (Å²) in [5, 5.41) is 12.1. The van der Waals surface area contributed by atoms with Crippen molar-refractivity contribution in [2.45, 2.75) is 6.10 Å². The third-order valence-electron chi connectivity index (χ3n) is 4.05. The molecule has 5 nitrogen and oxygen atoms in total. The van der Waals surface area contributed by atoms with Crippen LogP contribution >= 0.6 is 11.3 Å². The minimum atomic E-state index is -0.537. The lowest BCUT2D eigenvalue weighted by molar-refractivity contribution is 0.0406. The van der Waals surface area contributed by atoms with Crippen molar-refractivity contribution in [3.8, 4) is 5.75 Å². The van der Waals surface area contributed by atoms with Crippen molar-refractivity contribution in [2.24, 2.45) is 0 Å². The fourth-order valence-electron chi connectivity index (χ4n) is 2.75. The SMILES string of the molecule is O=C(c1cccs1)N1CCN(CC(O)COc2ccccc2)CC1. The standard InChI is InChI=1S/C18H22N2O3S/c21-15(14-23-16-5-2-1-3-6-16)13-19-8-10-20(11-9-19)18(22)17-7-4-12-24-17/h1-7,12,15,21H,8-11,13-14H2. The zero-order valence-electron chi connectivity index (χ0n) is 13.5. The number of ether oxygens (including phenoxy) is 1. The second-order valence-electron chi connectivity index (χ2n) is 5.85. The van der Waals surface area contributed by atoms with E-state index >= 15 is 0 Å². The quantitative estimate of drug-likeness (QED) is 0.869. The number of aliphatic hydroxyl groups excluding tert-OH is 1. The number of carbonyl (C=O) groups excluding carboxylic acids is 1. The van der Waals surface area contributed by atoms with Crippen molar-refractivity contribution < 1.29 is 14.6 Å². The molecule has 2 aromatic rings. The van der Waals surface area contributed by atoms with Gasteiger partial charge in [-0.25, -0.2) is 0 Å². The summed E-state index contributed by atoms with van der Waals surface area (Å²) in [7, 11) is 0. The Labute approximate surface area is 146 Å². The highest BCUT2D eigenvalue weighted by Crippen LogP contribution is 2.14. The number of aliphatic hydroxyl groups is 1. The molecule has 0 saturated carbocycles. The molecule has 1 N–H and O–H groups in total. The van der Waals surface area contributed by atoms with Crippen LogP contribution in [0.1, 0.15) is 9.67 Å². The minimum Gasteiger partial charge on any atom is -0.491 e. The Bertz CT molecular complexity index is 625. The number of thiophene rings is 1. The second kappa shape index (κ2) is 8.28. The van der Waals surface area contributed by atoms with E-state index in [1.807, 2.05) is 52.7 Å². The largest absolute Gasteiger partial charge is 0.491 e. The summed E-state index contributed by atoms with van der Waals surface area (Å²) in [5.41, 5.74) is 0. The number of benzene rings is 1. The lowest BCUT2D eigenvalue weighted by atomic mass is 10.2. The van der Waals surface area contributed by atoms with Gasteiger partial charge in [0.1, 0.15) is 18.5 Å². The molecule has 1 aromatic heterocycles. The van der Waals surface area contributed by atoms with Crippen LogP contribution in [0, 0.1) is 0 Å². The van der Waals surface area contributed by atoms with Gasteiger partial charge in [0.25, 0.3) is 5.91 Å². The maximum Gasteiger partial charge on any atom is 0.264 e. The van der Waals surface area contributed by atoms with Gasteiger partial charge in [0.2, 0.25) is 0 Å². The number of nitrogens with zero attached hydrogens (tertiary/aromatic N) is 2. The van der Waals surface area contributed by atoms with Crippen LogP contribution in [-0.4, -0.2) is 66.2 Å². The minimum absolute atomic E-state index is 0.109. The first-order valence-electron chi connectivity index (χ1n) is 8.13. The molecule has 0 radical (unpaired) electrons. The number of para-hydroxylation sites is 1. The van der Waals surface area contributed by atoms with E-state index in [4.69, 9.17) is 4.74 Å². The molecule has 0 bridgehead atoms. The van der Waals surface area contributed by atoms with Crippen molar-refractivity contribution in [1.29, 1.82) is 0 Å². The van der Waals surface area contributed by atoms with E-state index in [9.17, 15) is 9.90 Å². The number of hydrogen-bond donors (Lipinski definition) is 1. The van der Waals surface area contributed by atoms with E-state index in [-0.39, 0.29) is 12.5 Å². The molecule has 1 unspecified atom stereocenters. The molecule has 24 heavy (non-hydrogen) atoms. The molecule has 0 aliphatic carbocycles. The summed E-state index contributed by atoms with van der Waals surface area (Å²) in [4.78, 5) is 17.2. The normalized spacial score (nSPS) is 16.8. The average molecular weight is 346 g/mol. The highest BCUT2D eigenvalue weighted by Gasteiger charge is 2.23. The molecule has 1 fully saturated rings. The molecule has 1 aliphatic rings. The van der Waals surface area contributed by atoms with Crippen molar-refractivity contribution in [2.75, 3.05) is 39.3 Å². The second-order valence-corrected chi connectivity index (χ2v) is 6.80. The number of hydrogen-bond acceptors (Lipinski definition) is 5. The van der Waals surface area contributed by atoms with Gasteiger partial charge in [0.15, 0.2) is 0 Å². The van der Waals surface area contributed by atoms with E-state index in [0.717, 1.165) is 23.7 Å². The van der Waals surface area contributed by atoms with Crippen LogP contribution in [0.25, 0.3) is 0 Å². The first-order valence-corrected chi connectivity index (χ1v) is 9.01. The molecule has 1 amide bonds. The lowest BCUT2D eigenvalue weighted by Gasteiger charge is -2.35. The maximum atomic E-state index is 12.3. The molecule has 6 heteroatoms. The van der Waals surface area contributed by atoms with Crippen LogP contribution in [0.5, 0.6) is 5.75 Å². The van der Waals surface area contributed by atoms with E-state index in [1.165, 1.54) is 11.3 Å². The van der Waals surface area contributed by atoms with Crippen LogP contribution in [0.3, 0.4) is 0 Å². The third-order valence-corrected chi connectivity index (χ3v) is 4.90. The van der Waals surface area contributed by atoms with Gasteiger partial charge in [-0.1, -0.05) is 24.3 Å². The van der Waals surface area contributed by atoms with Gasteiger partial charge in [-0.05, 0) is 23.6 Å². The Kier molecular flexibility index (Phi) is 5.85. The van der Waals surface area contributed by atoms with Crippen LogP contribution in [0.4, 0.5) is 0 Å². The fraction of sp³-hybridized carbons (Fsp3) is 0.389. The Morgan fingerprint density at radius 2 is 1.88 bits per heavy atom. The fourth-order valence-corrected chi connectivity index (χ4v) is 3.44. The van der Waals surface area contributed by atoms with E-state index in [0.29, 0.717) is 19.6 Å². The molecule has 1 atom stereocenters. The summed E-state index contributed by atoms with van der Waals surface area (Å²) in [5.74, 6) is 0.875. The molecule has 128 valence electrons. The Morgan fingerprint density at radius 3 is 2.54 bits per heavy atom. The zero-order chi connectivity index (χ0) is 16.8. The van der Waals surface area contributed by atoms with E-state index in [1.54, 1.807) is 0 Å². The lowest BCUT2D eigenvalue weighted by Crippen LogP contribution is -2.50. The van der Waals surface area contributed by atoms with Crippen molar-refractivity contribution in [1.82, 2.24) is 9.80 Å². The molecule has 1 aliphatic heterocycles. The molecular weight excluding hydrogens is 324 g/mol. The number of carbonyl (C=O) groups is 1. The number of β-amino-alcohol motifs (C(OH)–C–C–N with tert-alkyl or cyclic N) is 1. The summed E-state index contributed by atoms with van der Waals surface area (Å²) in [6.07, 6.45) is -0.537. The number of piperazine rings is 1. The van der Waals surface area contributed by atoms with Crippen LogP contribution in [0.2, 0.25) is 0 Å².